The third-order valence-corrected chi connectivity index (χ3v) is 6.77. The van der Waals surface area contributed by atoms with E-state index in [0.29, 0.717) is 28.1 Å². The molecule has 0 aliphatic carbocycles. The van der Waals surface area contributed by atoms with Crippen molar-refractivity contribution >= 4 is 51.5 Å². The Bertz CT molecular complexity index is 1090. The molecule has 0 bridgehead atoms. The average Bonchev–Trinajstić information content (AvgIpc) is 3.46. The van der Waals surface area contributed by atoms with Crippen LogP contribution in [0.15, 0.2) is 51.2 Å². The number of furan rings is 1. The van der Waals surface area contributed by atoms with Gasteiger partial charge in [0, 0.05) is 12.0 Å². The van der Waals surface area contributed by atoms with E-state index in [2.05, 4.69) is 15.5 Å². The minimum atomic E-state index is -0.603. The predicted molar refractivity (Wildman–Crippen MR) is 121 cm³/mol. The zero-order chi connectivity index (χ0) is 22.0. The molecule has 2 aliphatic rings. The molecule has 0 unspecified atom stereocenters. The molecular formula is C21H20N4O4S2. The van der Waals surface area contributed by atoms with Crippen LogP contribution >= 0.6 is 23.5 Å². The van der Waals surface area contributed by atoms with Gasteiger partial charge in [-0.2, -0.15) is 0 Å². The highest BCUT2D eigenvalue weighted by Gasteiger charge is 2.40. The summed E-state index contributed by atoms with van der Waals surface area (Å²) >= 11 is 2.31. The lowest BCUT2D eigenvalue weighted by Crippen LogP contribution is -2.32. The first-order valence-electron chi connectivity index (χ1n) is 9.60. The van der Waals surface area contributed by atoms with Crippen molar-refractivity contribution in [3.63, 3.8) is 0 Å². The zero-order valence-electron chi connectivity index (χ0n) is 17.0. The van der Waals surface area contributed by atoms with Gasteiger partial charge in [-0.3, -0.25) is 19.3 Å². The van der Waals surface area contributed by atoms with Crippen LogP contribution in [-0.2, 0) is 11.3 Å². The number of nitrogens with one attached hydrogen (secondary N) is 1. The first kappa shape index (κ1) is 21.4. The fourth-order valence-electron chi connectivity index (χ4n) is 3.22. The topological polar surface area (TPSA) is 104 Å². The lowest BCUT2D eigenvalue weighted by Gasteiger charge is -2.14. The molecule has 4 rings (SSSR count). The second kappa shape index (κ2) is 9.11. The molecule has 0 radical (unpaired) electrons. The Morgan fingerprint density at radius 3 is 2.81 bits per heavy atom. The van der Waals surface area contributed by atoms with Gasteiger partial charge in [-0.25, -0.2) is 0 Å². The van der Waals surface area contributed by atoms with Crippen LogP contribution in [0.5, 0.6) is 0 Å². The maximum Gasteiger partial charge on any atom is 0.284 e. The summed E-state index contributed by atoms with van der Waals surface area (Å²) in [7, 11) is 0. The van der Waals surface area contributed by atoms with Crippen LogP contribution < -0.4 is 5.32 Å². The third-order valence-electron chi connectivity index (χ3n) is 4.82. The molecule has 2 aromatic rings. The SMILES string of the molecule is Cc1ccc(C)c(C(=O)C[C@H]2S/C(=N\N=C3/CSC(=O)N3)N(Cc3ccco3)C2=O)c1. The van der Waals surface area contributed by atoms with Crippen molar-refractivity contribution in [1.82, 2.24) is 10.2 Å². The first-order chi connectivity index (χ1) is 14.9. The molecule has 0 saturated carbocycles. The van der Waals surface area contributed by atoms with Crippen LogP contribution in [0, 0.1) is 13.8 Å². The van der Waals surface area contributed by atoms with Gasteiger partial charge < -0.3 is 9.73 Å². The summed E-state index contributed by atoms with van der Waals surface area (Å²) in [4.78, 5) is 38.9. The van der Waals surface area contributed by atoms with Gasteiger partial charge in [-0.15, -0.1) is 10.2 Å². The highest BCUT2D eigenvalue weighted by Crippen LogP contribution is 2.32. The van der Waals surface area contributed by atoms with Crippen molar-refractivity contribution in [2.75, 3.05) is 5.75 Å². The van der Waals surface area contributed by atoms with Crippen molar-refractivity contribution in [3.8, 4) is 0 Å². The Kier molecular flexibility index (Phi) is 6.28. The van der Waals surface area contributed by atoms with E-state index in [0.717, 1.165) is 22.9 Å². The van der Waals surface area contributed by atoms with Crippen LogP contribution in [0.25, 0.3) is 0 Å². The van der Waals surface area contributed by atoms with Gasteiger partial charge in [0.2, 0.25) is 5.91 Å². The van der Waals surface area contributed by atoms with Crippen molar-refractivity contribution in [1.29, 1.82) is 0 Å². The minimum Gasteiger partial charge on any atom is -0.467 e. The fraction of sp³-hybridized carbons (Fsp3) is 0.286. The van der Waals surface area contributed by atoms with Crippen LogP contribution in [0.1, 0.15) is 33.7 Å². The number of amides is 2. The van der Waals surface area contributed by atoms with Crippen molar-refractivity contribution < 1.29 is 18.8 Å². The first-order valence-corrected chi connectivity index (χ1v) is 11.5. The van der Waals surface area contributed by atoms with Crippen molar-refractivity contribution in [3.05, 3.63) is 59.0 Å². The number of benzene rings is 1. The number of amidine groups is 2. The molecular weight excluding hydrogens is 436 g/mol. The van der Waals surface area contributed by atoms with Gasteiger partial charge in [-0.05, 0) is 37.6 Å². The second-order valence-corrected chi connectivity index (χ2v) is 9.30. The summed E-state index contributed by atoms with van der Waals surface area (Å²) in [5.41, 5.74) is 2.50. The fourth-order valence-corrected chi connectivity index (χ4v) is 4.89. The van der Waals surface area contributed by atoms with Gasteiger partial charge in [0.1, 0.15) is 11.6 Å². The minimum absolute atomic E-state index is 0.0601. The smallest absolute Gasteiger partial charge is 0.284 e. The summed E-state index contributed by atoms with van der Waals surface area (Å²) < 4.78 is 5.38. The maximum atomic E-state index is 13.1. The van der Waals surface area contributed by atoms with Crippen LogP contribution in [0.3, 0.4) is 0 Å². The molecule has 1 atom stereocenters. The van der Waals surface area contributed by atoms with Gasteiger partial charge in [0.25, 0.3) is 5.24 Å². The molecule has 1 aromatic carbocycles. The van der Waals surface area contributed by atoms with E-state index in [9.17, 15) is 14.4 Å². The number of hydrogen-bond acceptors (Lipinski definition) is 8. The summed E-state index contributed by atoms with van der Waals surface area (Å²) in [5, 5.41) is 10.5. The molecule has 2 saturated heterocycles. The van der Waals surface area contributed by atoms with E-state index < -0.39 is 5.25 Å². The Labute approximate surface area is 187 Å². The van der Waals surface area contributed by atoms with Crippen molar-refractivity contribution in [2.45, 2.75) is 32.1 Å². The Balaban J connectivity index is 1.56. The molecule has 1 aromatic heterocycles. The number of thioether (sulfide) groups is 2. The average molecular weight is 457 g/mol. The number of Topliss-reactive ketones (excluding diaryl/α,β-unsaturated/α-hetero) is 1. The Morgan fingerprint density at radius 2 is 2.10 bits per heavy atom. The molecule has 160 valence electrons. The molecule has 8 nitrogen and oxygen atoms in total. The van der Waals surface area contributed by atoms with E-state index in [1.165, 1.54) is 22.9 Å². The van der Waals surface area contributed by atoms with Gasteiger partial charge in [0.05, 0.1) is 23.8 Å². The highest BCUT2D eigenvalue weighted by atomic mass is 32.2. The van der Waals surface area contributed by atoms with E-state index >= 15 is 0 Å². The second-order valence-electron chi connectivity index (χ2n) is 7.19. The quantitative estimate of drug-likeness (QED) is 0.525. The molecule has 2 fully saturated rings. The number of rotatable bonds is 6. The highest BCUT2D eigenvalue weighted by molar-refractivity contribution is 8.15. The third kappa shape index (κ3) is 4.91. The van der Waals surface area contributed by atoms with E-state index in [1.54, 1.807) is 12.1 Å². The summed E-state index contributed by atoms with van der Waals surface area (Å²) in [5.74, 6) is 1.13. The molecule has 2 aliphatic heterocycles. The molecule has 2 amide bonds. The number of carbonyl (C=O) groups is 3. The van der Waals surface area contributed by atoms with Crippen LogP contribution in [0.4, 0.5) is 4.79 Å². The van der Waals surface area contributed by atoms with Gasteiger partial charge in [0.15, 0.2) is 11.0 Å². The molecule has 3 heterocycles. The van der Waals surface area contributed by atoms with E-state index in [4.69, 9.17) is 4.42 Å². The molecule has 31 heavy (non-hydrogen) atoms. The summed E-state index contributed by atoms with van der Waals surface area (Å²) in [6, 6.07) is 9.23. The maximum absolute atomic E-state index is 13.1. The van der Waals surface area contributed by atoms with E-state index in [1.807, 2.05) is 32.0 Å². The normalized spacial score (nSPS) is 21.4. The number of aryl methyl sites for hydroxylation is 2. The summed E-state index contributed by atoms with van der Waals surface area (Å²) in [6.07, 6.45) is 1.59. The van der Waals surface area contributed by atoms with Crippen molar-refractivity contribution in [2.24, 2.45) is 10.2 Å². The van der Waals surface area contributed by atoms with Gasteiger partial charge >= 0.3 is 0 Å². The Hall–Kier alpha value is -2.85. The zero-order valence-corrected chi connectivity index (χ0v) is 18.6. The number of ketones is 1. The molecule has 0 spiro atoms. The predicted octanol–water partition coefficient (Wildman–Crippen LogP) is 3.74. The monoisotopic (exact) mass is 456 g/mol. The lowest BCUT2D eigenvalue weighted by atomic mass is 9.99. The van der Waals surface area contributed by atoms with Crippen LogP contribution in [0.2, 0.25) is 0 Å². The number of carbonyl (C=O) groups excluding carboxylic acids is 3. The van der Waals surface area contributed by atoms with E-state index in [-0.39, 0.29) is 29.9 Å². The number of hydrogen-bond donors (Lipinski definition) is 1. The summed E-state index contributed by atoms with van der Waals surface area (Å²) in [6.45, 7) is 4.01. The Morgan fingerprint density at radius 1 is 1.26 bits per heavy atom. The standard InChI is InChI=1S/C21H20N4O4S2/c1-12-5-6-13(2)15(8-12)16(26)9-17-19(27)25(10-14-4-3-7-29-14)20(31-17)24-23-18-11-30-21(28)22-18/h3-8,17H,9-11H2,1-2H3,(H,22,23,28)/b24-20-/t17-/m1/s1. The van der Waals surface area contributed by atoms with Gasteiger partial charge in [-0.1, -0.05) is 41.2 Å². The lowest BCUT2D eigenvalue weighted by molar-refractivity contribution is -0.126. The molecule has 10 heteroatoms. The molecule has 1 N–H and O–H groups in total. The number of nitrogens with zero attached hydrogens (tertiary/aromatic N) is 3. The largest absolute Gasteiger partial charge is 0.467 e. The van der Waals surface area contributed by atoms with Crippen LogP contribution in [-0.4, -0.2) is 43.8 Å².